The topological polar surface area (TPSA) is 24.7 Å². The molecule has 0 saturated heterocycles. The molecule has 1 rings (SSSR count). The Morgan fingerprint density at radius 1 is 1.29 bits per heavy atom. The van der Waals surface area contributed by atoms with E-state index in [0.717, 1.165) is 0 Å². The summed E-state index contributed by atoms with van der Waals surface area (Å²) in [4.78, 5) is 7.24. The SMILES string of the molecule is Cl.S=C1N=CC=N1. The zero-order chi connectivity index (χ0) is 4.41. The van der Waals surface area contributed by atoms with Gasteiger partial charge >= 0.3 is 0 Å². The monoisotopic (exact) mass is 134 g/mol. The molecule has 0 radical (unpaired) electrons. The second-order valence-corrected chi connectivity index (χ2v) is 1.20. The third-order valence-electron chi connectivity index (χ3n) is 0.437. The molecular weight excluding hydrogens is 132 g/mol. The summed E-state index contributed by atoms with van der Waals surface area (Å²) >= 11 is 4.52. The van der Waals surface area contributed by atoms with Crippen LogP contribution in [0.2, 0.25) is 0 Å². The van der Waals surface area contributed by atoms with Crippen LogP contribution < -0.4 is 0 Å². The minimum atomic E-state index is 0. The number of hydrogen-bond acceptors (Lipinski definition) is 1. The zero-order valence-corrected chi connectivity index (χ0v) is 5.00. The minimum absolute atomic E-state index is 0. The second kappa shape index (κ2) is 2.82. The first kappa shape index (κ1) is 6.72. The molecule has 7 heavy (non-hydrogen) atoms. The average Bonchev–Trinajstić information content (AvgIpc) is 1.86. The number of hydrogen-bond donors (Lipinski definition) is 0. The zero-order valence-electron chi connectivity index (χ0n) is 3.37. The van der Waals surface area contributed by atoms with Gasteiger partial charge in [0.2, 0.25) is 5.11 Å². The molecule has 4 heteroatoms. The van der Waals surface area contributed by atoms with Crippen molar-refractivity contribution in [3.05, 3.63) is 0 Å². The summed E-state index contributed by atoms with van der Waals surface area (Å²) in [6.45, 7) is 0. The van der Waals surface area contributed by atoms with E-state index < -0.39 is 0 Å². The molecule has 0 saturated carbocycles. The number of nitrogens with zero attached hydrogens (tertiary/aromatic N) is 2. The van der Waals surface area contributed by atoms with Crippen molar-refractivity contribution in [2.24, 2.45) is 9.98 Å². The summed E-state index contributed by atoms with van der Waals surface area (Å²) in [5.41, 5.74) is 0. The van der Waals surface area contributed by atoms with Gasteiger partial charge in [-0.2, -0.15) is 0 Å². The Balaban J connectivity index is 0.000000360. The van der Waals surface area contributed by atoms with Crippen LogP contribution in [0.25, 0.3) is 0 Å². The van der Waals surface area contributed by atoms with E-state index in [2.05, 4.69) is 22.2 Å². The summed E-state index contributed by atoms with van der Waals surface area (Å²) in [6, 6.07) is 0. The molecule has 0 aliphatic carbocycles. The Bertz CT molecular complexity index is 115. The van der Waals surface area contributed by atoms with Crippen LogP contribution in [0, 0.1) is 0 Å². The van der Waals surface area contributed by atoms with Crippen LogP contribution in [0.3, 0.4) is 0 Å². The van der Waals surface area contributed by atoms with Crippen LogP contribution in [0.1, 0.15) is 0 Å². The highest BCUT2D eigenvalue weighted by atomic mass is 35.5. The Morgan fingerprint density at radius 3 is 1.86 bits per heavy atom. The van der Waals surface area contributed by atoms with Gasteiger partial charge in [-0.3, -0.25) is 0 Å². The van der Waals surface area contributed by atoms with Crippen molar-refractivity contribution < 1.29 is 0 Å². The van der Waals surface area contributed by atoms with Crippen LogP contribution in [-0.2, 0) is 0 Å². The fourth-order valence-electron chi connectivity index (χ4n) is 0.228. The first-order valence-electron chi connectivity index (χ1n) is 1.50. The van der Waals surface area contributed by atoms with E-state index in [0.29, 0.717) is 5.11 Å². The molecule has 0 aromatic carbocycles. The van der Waals surface area contributed by atoms with Gasteiger partial charge in [-0.1, -0.05) is 0 Å². The van der Waals surface area contributed by atoms with Crippen molar-refractivity contribution in [2.75, 3.05) is 0 Å². The highest BCUT2D eigenvalue weighted by Gasteiger charge is 1.86. The molecule has 0 amide bonds. The largest absolute Gasteiger partial charge is 0.225 e. The molecular formula is C3H3ClN2S. The van der Waals surface area contributed by atoms with Crippen LogP contribution in [0.5, 0.6) is 0 Å². The number of halogens is 1. The number of rotatable bonds is 0. The maximum absolute atomic E-state index is 4.52. The summed E-state index contributed by atoms with van der Waals surface area (Å²) < 4.78 is 0. The normalized spacial score (nSPS) is 14.6. The quantitative estimate of drug-likeness (QED) is 0.451. The van der Waals surface area contributed by atoms with E-state index in [9.17, 15) is 0 Å². The van der Waals surface area contributed by atoms with Gasteiger partial charge < -0.3 is 0 Å². The van der Waals surface area contributed by atoms with E-state index >= 15 is 0 Å². The predicted octanol–water partition coefficient (Wildman–Crippen LogP) is 0.848. The Hall–Kier alpha value is -0.280. The van der Waals surface area contributed by atoms with Crippen molar-refractivity contribution in [1.29, 1.82) is 0 Å². The minimum Gasteiger partial charge on any atom is -0.225 e. The maximum Gasteiger partial charge on any atom is 0.219 e. The summed E-state index contributed by atoms with van der Waals surface area (Å²) in [5, 5.41) is 0.426. The van der Waals surface area contributed by atoms with Crippen LogP contribution in [0.15, 0.2) is 9.98 Å². The molecule has 0 aromatic rings. The molecule has 1 heterocycles. The Kier molecular flexibility index (Phi) is 2.71. The first-order chi connectivity index (χ1) is 2.89. The molecule has 0 bridgehead atoms. The lowest BCUT2D eigenvalue weighted by atomic mass is 10.9. The Labute approximate surface area is 52.8 Å². The molecule has 2 nitrogen and oxygen atoms in total. The standard InChI is InChI=1S/C3H2N2S.ClH/c6-3-4-1-2-5-3;/h1-2H;1H. The molecule has 0 N–H and O–H groups in total. The maximum atomic E-state index is 4.52. The van der Waals surface area contributed by atoms with Gasteiger partial charge in [-0.15, -0.1) is 12.4 Å². The average molecular weight is 135 g/mol. The smallest absolute Gasteiger partial charge is 0.219 e. The van der Waals surface area contributed by atoms with E-state index in [1.165, 1.54) is 0 Å². The fraction of sp³-hybridized carbons (Fsp3) is 0. The molecule has 38 valence electrons. The van der Waals surface area contributed by atoms with Gasteiger partial charge in [0.15, 0.2) is 0 Å². The molecule has 0 aromatic heterocycles. The molecule has 0 unspecified atom stereocenters. The van der Waals surface area contributed by atoms with Crippen molar-refractivity contribution in [3.63, 3.8) is 0 Å². The van der Waals surface area contributed by atoms with E-state index in [4.69, 9.17) is 0 Å². The van der Waals surface area contributed by atoms with Gasteiger partial charge in [0.25, 0.3) is 0 Å². The third kappa shape index (κ3) is 1.75. The lowest BCUT2D eigenvalue weighted by Crippen LogP contribution is -1.69. The Morgan fingerprint density at radius 2 is 1.71 bits per heavy atom. The highest BCUT2D eigenvalue weighted by molar-refractivity contribution is 7.80. The first-order valence-corrected chi connectivity index (χ1v) is 1.91. The van der Waals surface area contributed by atoms with Crippen molar-refractivity contribution >= 4 is 42.2 Å². The van der Waals surface area contributed by atoms with E-state index in [1.54, 1.807) is 12.4 Å². The lowest BCUT2D eigenvalue weighted by molar-refractivity contribution is 1.69. The van der Waals surface area contributed by atoms with Crippen molar-refractivity contribution in [2.45, 2.75) is 0 Å². The van der Waals surface area contributed by atoms with Gasteiger partial charge in [0.1, 0.15) is 0 Å². The molecule has 0 atom stereocenters. The lowest BCUT2D eigenvalue weighted by Gasteiger charge is -1.67. The second-order valence-electron chi connectivity index (χ2n) is 0.839. The third-order valence-corrected chi connectivity index (χ3v) is 0.647. The van der Waals surface area contributed by atoms with Gasteiger partial charge in [0.05, 0.1) is 0 Å². The predicted molar refractivity (Wildman–Crippen MR) is 36.8 cm³/mol. The number of aliphatic imine (C=N–C) groups is 2. The molecule has 0 fully saturated rings. The van der Waals surface area contributed by atoms with Gasteiger partial charge in [-0.25, -0.2) is 9.98 Å². The molecule has 1 aliphatic rings. The fourth-order valence-corrected chi connectivity index (χ4v) is 0.349. The van der Waals surface area contributed by atoms with Crippen LogP contribution >= 0.6 is 24.6 Å². The highest BCUT2D eigenvalue weighted by Crippen LogP contribution is 1.83. The summed E-state index contributed by atoms with van der Waals surface area (Å²) in [6.07, 6.45) is 3.14. The van der Waals surface area contributed by atoms with Crippen LogP contribution in [0.4, 0.5) is 0 Å². The van der Waals surface area contributed by atoms with E-state index in [1.807, 2.05) is 0 Å². The molecule has 0 spiro atoms. The molecule has 1 aliphatic heterocycles. The van der Waals surface area contributed by atoms with Crippen molar-refractivity contribution in [3.8, 4) is 0 Å². The van der Waals surface area contributed by atoms with E-state index in [-0.39, 0.29) is 12.4 Å². The van der Waals surface area contributed by atoms with Gasteiger partial charge in [0, 0.05) is 12.4 Å². The number of thiocarbonyl (C=S) groups is 1. The van der Waals surface area contributed by atoms with Crippen molar-refractivity contribution in [1.82, 2.24) is 0 Å². The summed E-state index contributed by atoms with van der Waals surface area (Å²) in [5.74, 6) is 0. The van der Waals surface area contributed by atoms with Gasteiger partial charge in [-0.05, 0) is 12.2 Å². The summed E-state index contributed by atoms with van der Waals surface area (Å²) in [7, 11) is 0. The van der Waals surface area contributed by atoms with Crippen LogP contribution in [-0.4, -0.2) is 17.5 Å².